The third kappa shape index (κ3) is 4.84. The van der Waals surface area contributed by atoms with Crippen LogP contribution in [0.3, 0.4) is 0 Å². The minimum absolute atomic E-state index is 0.182. The molecule has 0 spiro atoms. The molecule has 0 unspecified atom stereocenters. The van der Waals surface area contributed by atoms with Gasteiger partial charge in [0.25, 0.3) is 5.91 Å². The number of nitrogens with one attached hydrogen (secondary N) is 1. The van der Waals surface area contributed by atoms with Crippen molar-refractivity contribution in [3.8, 4) is 0 Å². The van der Waals surface area contributed by atoms with Crippen LogP contribution in [-0.2, 0) is 13.1 Å². The second kappa shape index (κ2) is 9.21. The fourth-order valence-corrected chi connectivity index (χ4v) is 3.84. The Labute approximate surface area is 194 Å². The summed E-state index contributed by atoms with van der Waals surface area (Å²) in [5.74, 6) is -1.20. The van der Waals surface area contributed by atoms with Crippen molar-refractivity contribution in [3.63, 3.8) is 0 Å². The molecule has 10 heteroatoms. The average molecular weight is 472 g/mol. The number of anilines is 1. The van der Waals surface area contributed by atoms with E-state index in [1.165, 1.54) is 21.4 Å². The molecule has 8 nitrogen and oxygen atoms in total. The van der Waals surface area contributed by atoms with E-state index in [2.05, 4.69) is 10.4 Å². The van der Waals surface area contributed by atoms with Crippen molar-refractivity contribution in [1.82, 2.24) is 19.2 Å². The largest absolute Gasteiger partial charge is 0.419 e. The van der Waals surface area contributed by atoms with Crippen molar-refractivity contribution in [2.75, 3.05) is 26.0 Å². The summed E-state index contributed by atoms with van der Waals surface area (Å²) in [4.78, 5) is 27.2. The average Bonchev–Trinajstić information content (AvgIpc) is 3.22. The number of amides is 1. The first-order chi connectivity index (χ1) is 15.7. The molecule has 33 heavy (non-hydrogen) atoms. The highest BCUT2D eigenvalue weighted by molar-refractivity contribution is 6.33. The van der Waals surface area contributed by atoms with Gasteiger partial charge in [-0.05, 0) is 56.9 Å². The van der Waals surface area contributed by atoms with E-state index < -0.39 is 11.7 Å². The Bertz CT molecular complexity index is 1370. The first-order valence-electron chi connectivity index (χ1n) is 10.3. The summed E-state index contributed by atoms with van der Waals surface area (Å²) >= 11 is 6.47. The lowest BCUT2D eigenvalue weighted by atomic mass is 10.2. The molecule has 0 saturated heterocycles. The van der Waals surface area contributed by atoms with Gasteiger partial charge in [-0.3, -0.25) is 9.36 Å². The Balaban J connectivity index is 1.58. The fraction of sp³-hybridized carbons (Fsp3) is 0.261. The first kappa shape index (κ1) is 22.8. The summed E-state index contributed by atoms with van der Waals surface area (Å²) in [6.07, 6.45) is 0. The third-order valence-corrected chi connectivity index (χ3v) is 5.62. The van der Waals surface area contributed by atoms with Gasteiger partial charge in [0, 0.05) is 18.8 Å². The lowest BCUT2D eigenvalue weighted by Crippen LogP contribution is -2.23. The molecule has 1 amide bonds. The van der Waals surface area contributed by atoms with Crippen LogP contribution in [0.1, 0.15) is 21.6 Å². The Hall–Kier alpha value is -3.43. The van der Waals surface area contributed by atoms with Crippen LogP contribution < -0.4 is 11.1 Å². The Morgan fingerprint density at radius 1 is 1.21 bits per heavy atom. The van der Waals surface area contributed by atoms with Gasteiger partial charge in [-0.2, -0.15) is 5.10 Å². The van der Waals surface area contributed by atoms with Gasteiger partial charge in [0.15, 0.2) is 5.58 Å². The van der Waals surface area contributed by atoms with E-state index in [0.717, 1.165) is 5.56 Å². The topological polar surface area (TPSA) is 85.3 Å². The number of halogens is 2. The van der Waals surface area contributed by atoms with Crippen molar-refractivity contribution in [3.05, 3.63) is 80.8 Å². The summed E-state index contributed by atoms with van der Waals surface area (Å²) in [6.45, 7) is 3.11. The highest BCUT2D eigenvalue weighted by Crippen LogP contribution is 2.24. The maximum Gasteiger partial charge on any atom is 0.419 e. The Morgan fingerprint density at radius 3 is 2.64 bits per heavy atom. The minimum Gasteiger partial charge on any atom is -0.408 e. The van der Waals surface area contributed by atoms with Crippen LogP contribution in [0, 0.1) is 12.7 Å². The highest BCUT2D eigenvalue weighted by Gasteiger charge is 2.21. The number of nitrogens with zero attached hydrogens (tertiary/aromatic N) is 4. The highest BCUT2D eigenvalue weighted by atomic mass is 35.5. The summed E-state index contributed by atoms with van der Waals surface area (Å²) in [5, 5.41) is 7.37. The van der Waals surface area contributed by atoms with Gasteiger partial charge in [0.1, 0.15) is 11.0 Å². The molecule has 0 saturated carbocycles. The molecule has 2 heterocycles. The van der Waals surface area contributed by atoms with Gasteiger partial charge in [0.05, 0.1) is 23.3 Å². The molecule has 0 fully saturated rings. The maximum absolute atomic E-state index is 13.2. The second-order valence-corrected chi connectivity index (χ2v) is 8.35. The number of fused-ring (bicyclic) bond motifs is 1. The van der Waals surface area contributed by atoms with Crippen molar-refractivity contribution in [2.45, 2.75) is 20.0 Å². The van der Waals surface area contributed by atoms with E-state index in [-0.39, 0.29) is 16.5 Å². The molecule has 0 bridgehead atoms. The molecule has 2 aromatic heterocycles. The third-order valence-electron chi connectivity index (χ3n) is 5.23. The molecule has 4 rings (SSSR count). The summed E-state index contributed by atoms with van der Waals surface area (Å²) < 4.78 is 21.5. The number of carbonyl (C=O) groups excluding carboxylic acids is 1. The number of aryl methyl sites for hydroxylation is 1. The van der Waals surface area contributed by atoms with Crippen molar-refractivity contribution < 1.29 is 13.6 Å². The van der Waals surface area contributed by atoms with Crippen LogP contribution in [0.5, 0.6) is 0 Å². The van der Waals surface area contributed by atoms with Gasteiger partial charge in [-0.15, -0.1) is 0 Å². The number of benzene rings is 2. The SMILES string of the molecule is Cc1nn(Cc2ccc(F)cc2)c(Cl)c1C(=O)Nc1ccc2oc(=O)n(CCN(C)C)c2c1. The predicted octanol–water partition coefficient (Wildman–Crippen LogP) is 3.75. The molecular formula is C23H23ClFN5O3. The molecule has 1 N–H and O–H groups in total. The van der Waals surface area contributed by atoms with Gasteiger partial charge in [0.2, 0.25) is 0 Å². The fourth-order valence-electron chi connectivity index (χ4n) is 3.52. The lowest BCUT2D eigenvalue weighted by Gasteiger charge is -2.10. The number of rotatable bonds is 7. The zero-order valence-corrected chi connectivity index (χ0v) is 19.2. The summed E-state index contributed by atoms with van der Waals surface area (Å²) in [6, 6.07) is 11.0. The van der Waals surface area contributed by atoms with Crippen LogP contribution in [0.2, 0.25) is 5.15 Å². The number of aromatic nitrogens is 3. The van der Waals surface area contributed by atoms with Crippen molar-refractivity contribution >= 4 is 34.3 Å². The Kier molecular flexibility index (Phi) is 6.35. The summed E-state index contributed by atoms with van der Waals surface area (Å²) in [7, 11) is 3.84. The molecule has 172 valence electrons. The number of oxazole rings is 1. The van der Waals surface area contributed by atoms with Gasteiger partial charge in [-0.25, -0.2) is 13.9 Å². The van der Waals surface area contributed by atoms with E-state index in [1.807, 2.05) is 19.0 Å². The Morgan fingerprint density at radius 2 is 1.94 bits per heavy atom. The van der Waals surface area contributed by atoms with Gasteiger partial charge >= 0.3 is 5.76 Å². The number of hydrogen-bond donors (Lipinski definition) is 1. The molecule has 0 atom stereocenters. The molecule has 2 aromatic carbocycles. The number of carbonyl (C=O) groups is 1. The molecule has 0 aliphatic heterocycles. The normalized spacial score (nSPS) is 11.5. The molecule has 0 aliphatic rings. The lowest BCUT2D eigenvalue weighted by molar-refractivity contribution is 0.102. The van der Waals surface area contributed by atoms with E-state index in [1.54, 1.807) is 37.3 Å². The van der Waals surface area contributed by atoms with E-state index >= 15 is 0 Å². The van der Waals surface area contributed by atoms with Gasteiger partial charge in [-0.1, -0.05) is 23.7 Å². The van der Waals surface area contributed by atoms with E-state index in [9.17, 15) is 14.0 Å². The molecule has 4 aromatic rings. The monoisotopic (exact) mass is 471 g/mol. The number of hydrogen-bond acceptors (Lipinski definition) is 5. The smallest absolute Gasteiger partial charge is 0.408 e. The first-order valence-corrected chi connectivity index (χ1v) is 10.7. The zero-order chi connectivity index (χ0) is 23.7. The van der Waals surface area contributed by atoms with Crippen LogP contribution in [0.25, 0.3) is 11.1 Å². The van der Waals surface area contributed by atoms with Crippen molar-refractivity contribution in [1.29, 1.82) is 0 Å². The van der Waals surface area contributed by atoms with Gasteiger partial charge < -0.3 is 14.6 Å². The number of likely N-dealkylation sites (N-methyl/N-ethyl adjacent to an activating group) is 1. The van der Waals surface area contributed by atoms with E-state index in [0.29, 0.717) is 42.1 Å². The molecule has 0 aliphatic carbocycles. The molecule has 0 radical (unpaired) electrons. The van der Waals surface area contributed by atoms with Crippen LogP contribution >= 0.6 is 11.6 Å². The van der Waals surface area contributed by atoms with Crippen LogP contribution in [0.4, 0.5) is 10.1 Å². The minimum atomic E-state index is -0.448. The molecular weight excluding hydrogens is 449 g/mol. The van der Waals surface area contributed by atoms with Crippen molar-refractivity contribution in [2.24, 2.45) is 0 Å². The quantitative estimate of drug-likeness (QED) is 0.443. The van der Waals surface area contributed by atoms with Crippen LogP contribution in [-0.4, -0.2) is 45.8 Å². The standard InChI is InChI=1S/C23H23ClFN5O3/c1-14-20(21(24)30(27-14)13-15-4-6-16(25)7-5-15)22(31)26-17-8-9-19-18(12-17)29(23(32)33-19)11-10-28(2)3/h4-9,12H,10-11,13H2,1-3H3,(H,26,31). The maximum atomic E-state index is 13.2. The zero-order valence-electron chi connectivity index (χ0n) is 18.4. The van der Waals surface area contributed by atoms with E-state index in [4.69, 9.17) is 16.0 Å². The predicted molar refractivity (Wildman–Crippen MR) is 124 cm³/mol. The van der Waals surface area contributed by atoms with Crippen LogP contribution in [0.15, 0.2) is 51.7 Å². The summed E-state index contributed by atoms with van der Waals surface area (Å²) in [5.41, 5.74) is 3.04. The second-order valence-electron chi connectivity index (χ2n) is 7.99.